The summed E-state index contributed by atoms with van der Waals surface area (Å²) in [4.78, 5) is 11.9. The Kier molecular flexibility index (Phi) is 5.85. The van der Waals surface area contributed by atoms with E-state index < -0.39 is 15.4 Å². The number of rotatable bonds is 4. The predicted molar refractivity (Wildman–Crippen MR) is 94.8 cm³/mol. The van der Waals surface area contributed by atoms with Crippen LogP contribution in [0.25, 0.3) is 0 Å². The minimum Gasteiger partial charge on any atom is -0.444 e. The summed E-state index contributed by atoms with van der Waals surface area (Å²) in [6.45, 7) is 8.11. The van der Waals surface area contributed by atoms with Gasteiger partial charge < -0.3 is 15.4 Å². The van der Waals surface area contributed by atoms with Crippen molar-refractivity contribution in [2.24, 2.45) is 5.92 Å². The largest absolute Gasteiger partial charge is 0.444 e. The predicted octanol–water partition coefficient (Wildman–Crippen LogP) is 2.24. The minimum atomic E-state index is -2.92. The zero-order valence-corrected chi connectivity index (χ0v) is 16.2. The van der Waals surface area contributed by atoms with Crippen LogP contribution in [0.4, 0.5) is 4.79 Å². The van der Waals surface area contributed by atoms with Crippen molar-refractivity contribution in [3.05, 3.63) is 0 Å². The summed E-state index contributed by atoms with van der Waals surface area (Å²) in [6, 6.07) is 0.243. The monoisotopic (exact) mass is 360 g/mol. The number of sulfone groups is 1. The Hall–Kier alpha value is -0.820. The van der Waals surface area contributed by atoms with E-state index in [4.69, 9.17) is 4.74 Å². The molecule has 2 fully saturated rings. The molecule has 7 heteroatoms. The third-order valence-corrected chi connectivity index (χ3v) is 6.76. The van der Waals surface area contributed by atoms with E-state index in [1.54, 1.807) is 0 Å². The van der Waals surface area contributed by atoms with E-state index >= 15 is 0 Å². The maximum Gasteiger partial charge on any atom is 0.407 e. The summed E-state index contributed by atoms with van der Waals surface area (Å²) >= 11 is 0. The Bertz CT molecular complexity index is 555. The molecule has 1 heterocycles. The Morgan fingerprint density at radius 2 is 1.92 bits per heavy atom. The molecule has 0 aromatic rings. The number of carbonyl (C=O) groups is 1. The molecule has 1 saturated heterocycles. The van der Waals surface area contributed by atoms with Crippen LogP contribution in [-0.2, 0) is 14.6 Å². The molecule has 2 rings (SSSR count). The molecule has 24 heavy (non-hydrogen) atoms. The molecule has 1 amide bonds. The van der Waals surface area contributed by atoms with Gasteiger partial charge in [-0.05, 0) is 52.9 Å². The van der Waals surface area contributed by atoms with Crippen LogP contribution in [0.5, 0.6) is 0 Å². The number of hydrogen-bond donors (Lipinski definition) is 2. The first-order valence-corrected chi connectivity index (χ1v) is 10.8. The SMILES string of the molecule is CC1(NC2CCCCC2CNC(=O)OC(C)(C)C)CCS(=O)(=O)C1. The Balaban J connectivity index is 1.90. The number of amides is 1. The van der Waals surface area contributed by atoms with Crippen LogP contribution in [0.2, 0.25) is 0 Å². The summed E-state index contributed by atoms with van der Waals surface area (Å²) in [5, 5.41) is 6.47. The lowest BCUT2D eigenvalue weighted by Crippen LogP contribution is -2.54. The van der Waals surface area contributed by atoms with Crippen LogP contribution in [0.15, 0.2) is 0 Å². The fraction of sp³-hybridized carbons (Fsp3) is 0.941. The molecule has 3 atom stereocenters. The fourth-order valence-corrected chi connectivity index (χ4v) is 5.85. The quantitative estimate of drug-likeness (QED) is 0.803. The maximum absolute atomic E-state index is 11.9. The van der Waals surface area contributed by atoms with E-state index in [9.17, 15) is 13.2 Å². The first kappa shape index (κ1) is 19.5. The van der Waals surface area contributed by atoms with E-state index in [1.165, 1.54) is 0 Å². The molecular weight excluding hydrogens is 328 g/mol. The molecule has 1 saturated carbocycles. The van der Waals surface area contributed by atoms with Gasteiger partial charge in [-0.3, -0.25) is 0 Å². The maximum atomic E-state index is 11.9. The van der Waals surface area contributed by atoms with Crippen LogP contribution in [0.1, 0.15) is 59.8 Å². The lowest BCUT2D eigenvalue weighted by molar-refractivity contribution is 0.0508. The lowest BCUT2D eigenvalue weighted by atomic mass is 9.82. The number of ether oxygens (including phenoxy) is 1. The minimum absolute atomic E-state index is 0.211. The standard InChI is InChI=1S/C17H32N2O4S/c1-16(2,3)23-15(20)18-11-13-7-5-6-8-14(13)19-17(4)9-10-24(21,22)12-17/h13-14,19H,5-12H2,1-4H3,(H,18,20). The molecule has 1 aliphatic heterocycles. The normalized spacial score (nSPS) is 33.2. The van der Waals surface area contributed by atoms with Crippen molar-refractivity contribution in [2.45, 2.75) is 77.0 Å². The van der Waals surface area contributed by atoms with E-state index in [2.05, 4.69) is 10.6 Å². The molecule has 1 aliphatic carbocycles. The molecule has 0 bridgehead atoms. The van der Waals surface area contributed by atoms with E-state index in [-0.39, 0.29) is 29.2 Å². The topological polar surface area (TPSA) is 84.5 Å². The number of nitrogens with one attached hydrogen (secondary N) is 2. The van der Waals surface area contributed by atoms with Crippen molar-refractivity contribution in [3.8, 4) is 0 Å². The summed E-state index contributed by atoms with van der Waals surface area (Å²) in [5.41, 5.74) is -0.842. The van der Waals surface area contributed by atoms with Crippen molar-refractivity contribution < 1.29 is 17.9 Å². The summed E-state index contributed by atoms with van der Waals surface area (Å²) in [5.74, 6) is 0.790. The molecule has 140 valence electrons. The molecule has 2 N–H and O–H groups in total. The van der Waals surface area contributed by atoms with Gasteiger partial charge in [0.2, 0.25) is 0 Å². The van der Waals surface area contributed by atoms with E-state index in [0.717, 1.165) is 25.7 Å². The van der Waals surface area contributed by atoms with Crippen molar-refractivity contribution in [3.63, 3.8) is 0 Å². The smallest absolute Gasteiger partial charge is 0.407 e. The van der Waals surface area contributed by atoms with Crippen molar-refractivity contribution >= 4 is 15.9 Å². The molecule has 6 nitrogen and oxygen atoms in total. The van der Waals surface area contributed by atoms with Gasteiger partial charge in [0.05, 0.1) is 11.5 Å². The van der Waals surface area contributed by atoms with Crippen molar-refractivity contribution in [2.75, 3.05) is 18.1 Å². The van der Waals surface area contributed by atoms with Crippen molar-refractivity contribution in [1.29, 1.82) is 0 Å². The summed E-state index contributed by atoms with van der Waals surface area (Å²) in [7, 11) is -2.92. The lowest BCUT2D eigenvalue weighted by Gasteiger charge is -2.38. The number of hydrogen-bond acceptors (Lipinski definition) is 5. The number of carbonyl (C=O) groups excluding carboxylic acids is 1. The van der Waals surface area contributed by atoms with E-state index in [0.29, 0.717) is 18.9 Å². The second-order valence-electron chi connectivity index (χ2n) is 8.58. The second kappa shape index (κ2) is 7.20. The Labute approximate surface area is 146 Å². The molecule has 3 unspecified atom stereocenters. The fourth-order valence-electron chi connectivity index (χ4n) is 3.74. The molecule has 0 spiro atoms. The molecule has 2 aliphatic rings. The van der Waals surface area contributed by atoms with Gasteiger partial charge in [0.25, 0.3) is 0 Å². The van der Waals surface area contributed by atoms with Gasteiger partial charge >= 0.3 is 6.09 Å². The summed E-state index contributed by atoms with van der Waals surface area (Å²) in [6.07, 6.45) is 4.63. The van der Waals surface area contributed by atoms with Gasteiger partial charge in [-0.25, -0.2) is 13.2 Å². The van der Waals surface area contributed by atoms with Crippen LogP contribution < -0.4 is 10.6 Å². The summed E-state index contributed by atoms with van der Waals surface area (Å²) < 4.78 is 28.9. The molecular formula is C17H32N2O4S. The highest BCUT2D eigenvalue weighted by Crippen LogP contribution is 2.30. The third-order valence-electron chi connectivity index (χ3n) is 4.85. The number of alkyl carbamates (subject to hydrolysis) is 1. The Morgan fingerprint density at radius 1 is 1.25 bits per heavy atom. The van der Waals surface area contributed by atoms with Gasteiger partial charge in [0.15, 0.2) is 9.84 Å². The van der Waals surface area contributed by atoms with Crippen LogP contribution in [0, 0.1) is 5.92 Å². The zero-order valence-electron chi connectivity index (χ0n) is 15.4. The van der Waals surface area contributed by atoms with Crippen LogP contribution in [-0.4, -0.2) is 49.7 Å². The highest BCUT2D eigenvalue weighted by Gasteiger charge is 2.41. The second-order valence-corrected chi connectivity index (χ2v) is 10.8. The van der Waals surface area contributed by atoms with Crippen molar-refractivity contribution in [1.82, 2.24) is 10.6 Å². The van der Waals surface area contributed by atoms with Gasteiger partial charge in [-0.15, -0.1) is 0 Å². The molecule has 0 aromatic carbocycles. The third kappa shape index (κ3) is 5.92. The molecule has 0 radical (unpaired) electrons. The van der Waals surface area contributed by atoms with Gasteiger partial charge in [0.1, 0.15) is 5.60 Å². The van der Waals surface area contributed by atoms with Gasteiger partial charge in [-0.2, -0.15) is 0 Å². The van der Waals surface area contributed by atoms with Gasteiger partial charge in [-0.1, -0.05) is 12.8 Å². The van der Waals surface area contributed by atoms with Crippen LogP contribution in [0.3, 0.4) is 0 Å². The highest BCUT2D eigenvalue weighted by atomic mass is 32.2. The average molecular weight is 361 g/mol. The van der Waals surface area contributed by atoms with Gasteiger partial charge in [0, 0.05) is 18.1 Å². The first-order valence-electron chi connectivity index (χ1n) is 8.93. The Morgan fingerprint density at radius 3 is 2.50 bits per heavy atom. The van der Waals surface area contributed by atoms with E-state index in [1.807, 2.05) is 27.7 Å². The highest BCUT2D eigenvalue weighted by molar-refractivity contribution is 7.91. The zero-order chi connectivity index (χ0) is 18.0. The molecule has 0 aromatic heterocycles. The first-order chi connectivity index (χ1) is 11.0. The van der Waals surface area contributed by atoms with Crippen LogP contribution >= 0.6 is 0 Å². The average Bonchev–Trinajstić information content (AvgIpc) is 2.69.